The van der Waals surface area contributed by atoms with Gasteiger partial charge in [0.05, 0.1) is 17.5 Å². The van der Waals surface area contributed by atoms with Gasteiger partial charge in [0.1, 0.15) is 29.3 Å². The number of anilines is 1. The predicted octanol–water partition coefficient (Wildman–Crippen LogP) is 4.50. The van der Waals surface area contributed by atoms with E-state index in [-0.39, 0.29) is 25.3 Å². The number of likely N-dealkylation sites (tertiary alicyclic amines) is 1. The zero-order valence-electron chi connectivity index (χ0n) is 31.8. The molecule has 1 aliphatic heterocycles. The second-order valence-electron chi connectivity index (χ2n) is 16.4. The van der Waals surface area contributed by atoms with Gasteiger partial charge in [0.2, 0.25) is 21.8 Å². The molecule has 52 heavy (non-hydrogen) atoms. The molecule has 3 aliphatic rings. The van der Waals surface area contributed by atoms with Gasteiger partial charge in [0.25, 0.3) is 5.91 Å². The van der Waals surface area contributed by atoms with Crippen molar-refractivity contribution in [2.24, 2.45) is 11.3 Å². The number of amides is 5. The summed E-state index contributed by atoms with van der Waals surface area (Å²) in [4.78, 5) is 69.5. The fraction of sp³-hybridized carbons (Fsp3) is 0.649. The van der Waals surface area contributed by atoms with E-state index in [0.717, 1.165) is 11.1 Å². The van der Waals surface area contributed by atoms with Crippen molar-refractivity contribution in [2.75, 3.05) is 11.9 Å². The number of nitrogens with one attached hydrogen (secondary N) is 4. The summed E-state index contributed by atoms with van der Waals surface area (Å²) in [6.07, 6.45) is 0.440. The number of nitrogens with zero attached hydrogens (tertiary/aromatic N) is 1. The molecule has 0 bridgehead atoms. The van der Waals surface area contributed by atoms with Crippen LogP contribution >= 0.6 is 0 Å². The van der Waals surface area contributed by atoms with E-state index in [1.165, 1.54) is 11.0 Å². The van der Waals surface area contributed by atoms with Crippen LogP contribution in [0.15, 0.2) is 30.9 Å². The fourth-order valence-corrected chi connectivity index (χ4v) is 7.83. The average Bonchev–Trinajstić information content (AvgIpc) is 3.95. The van der Waals surface area contributed by atoms with Crippen molar-refractivity contribution < 1.29 is 41.9 Å². The van der Waals surface area contributed by atoms with E-state index >= 15 is 0 Å². The molecule has 1 aromatic rings. The molecule has 1 saturated heterocycles. The van der Waals surface area contributed by atoms with Gasteiger partial charge in [0.15, 0.2) is 0 Å². The first kappa shape index (κ1) is 40.6. The number of hydrogen-bond donors (Lipinski definition) is 4. The lowest BCUT2D eigenvalue weighted by atomic mass is 9.85. The molecule has 5 amide bonds. The van der Waals surface area contributed by atoms with Gasteiger partial charge >= 0.3 is 12.2 Å². The third kappa shape index (κ3) is 9.44. The maximum atomic E-state index is 14.4. The van der Waals surface area contributed by atoms with Gasteiger partial charge in [-0.1, -0.05) is 65.8 Å². The maximum absolute atomic E-state index is 14.4. The van der Waals surface area contributed by atoms with E-state index in [9.17, 15) is 32.4 Å². The lowest BCUT2D eigenvalue weighted by molar-refractivity contribution is -0.143. The Morgan fingerprint density at radius 1 is 1.06 bits per heavy atom. The smallest absolute Gasteiger partial charge is 0.411 e. The Bertz CT molecular complexity index is 1690. The number of hydrogen-bond acceptors (Lipinski definition) is 9. The topological polar surface area (TPSA) is 189 Å². The van der Waals surface area contributed by atoms with Gasteiger partial charge in [-0.25, -0.2) is 18.0 Å². The van der Waals surface area contributed by atoms with E-state index in [1.54, 1.807) is 41.5 Å². The first-order chi connectivity index (χ1) is 24.0. The van der Waals surface area contributed by atoms with Crippen molar-refractivity contribution in [3.63, 3.8) is 0 Å². The molecule has 0 spiro atoms. The van der Waals surface area contributed by atoms with Gasteiger partial charge in [-0.2, -0.15) is 0 Å². The van der Waals surface area contributed by atoms with Crippen molar-refractivity contribution in [1.29, 1.82) is 0 Å². The summed E-state index contributed by atoms with van der Waals surface area (Å²) in [5, 5.41) is 7.59. The Morgan fingerprint density at radius 2 is 1.71 bits per heavy atom. The number of sulfonamides is 1. The van der Waals surface area contributed by atoms with Crippen LogP contribution in [0.5, 0.6) is 0 Å². The average molecular weight is 746 g/mol. The number of benzene rings is 1. The van der Waals surface area contributed by atoms with Crippen molar-refractivity contribution >= 4 is 45.6 Å². The second-order valence-corrected chi connectivity index (χ2v) is 18.4. The summed E-state index contributed by atoms with van der Waals surface area (Å²) in [5.74, 6) is -2.71. The molecule has 14 nitrogen and oxygen atoms in total. The quantitative estimate of drug-likeness (QED) is 0.223. The van der Waals surface area contributed by atoms with E-state index in [0.29, 0.717) is 24.9 Å². The normalized spacial score (nSPS) is 23.7. The summed E-state index contributed by atoms with van der Waals surface area (Å²) in [7, 11) is -3.92. The maximum Gasteiger partial charge on any atom is 0.411 e. The monoisotopic (exact) mass is 745 g/mol. The van der Waals surface area contributed by atoms with Crippen LogP contribution in [0.1, 0.15) is 105 Å². The number of carbonyl (C=O) groups excluding carboxylic acids is 5. The molecule has 5 atom stereocenters. The van der Waals surface area contributed by atoms with E-state index in [4.69, 9.17) is 9.47 Å². The van der Waals surface area contributed by atoms with Crippen LogP contribution < -0.4 is 20.7 Å². The predicted molar refractivity (Wildman–Crippen MR) is 196 cm³/mol. The molecule has 4 rings (SSSR count). The Morgan fingerprint density at radius 3 is 2.23 bits per heavy atom. The van der Waals surface area contributed by atoms with Crippen molar-refractivity contribution in [2.45, 2.75) is 135 Å². The number of alkyl carbamates (subject to hydrolysis) is 1. The van der Waals surface area contributed by atoms with Crippen LogP contribution in [-0.2, 0) is 40.3 Å². The fourth-order valence-electron chi connectivity index (χ4n) is 6.47. The van der Waals surface area contributed by atoms with Crippen molar-refractivity contribution in [3.8, 4) is 0 Å². The summed E-state index contributed by atoms with van der Waals surface area (Å²) < 4.78 is 38.7. The zero-order chi connectivity index (χ0) is 39.0. The van der Waals surface area contributed by atoms with E-state index < -0.39 is 85.8 Å². The number of para-hydroxylation sites is 1. The standard InChI is InChI=1S/C37H55N5O9S/c1-11-22-14-13-15-26(21(3)4)28(22)38-33(46)50-24-18-27(42(20-24)31(44)29(35(5,6)7)39-34(47)51-36(8,9)10)30(43)40-37(19-23(37)12-2)32(45)41-52(48,49)25-16-17-25/h12-15,21,23-25,27,29H,2,11,16-20H2,1,3-10H3,(H,38,46)(H,39,47)(H,40,43)(H,41,45). The minimum atomic E-state index is -3.92. The van der Waals surface area contributed by atoms with Gasteiger partial charge in [-0.15, -0.1) is 6.58 Å². The van der Waals surface area contributed by atoms with Gasteiger partial charge in [-0.3, -0.25) is 24.4 Å². The Balaban J connectivity index is 1.62. The molecule has 0 radical (unpaired) electrons. The highest BCUT2D eigenvalue weighted by Crippen LogP contribution is 2.45. The Hall–Kier alpha value is -4.14. The molecule has 1 aromatic carbocycles. The SMILES string of the molecule is C=CC1CC1(NC(=O)C1CC(OC(=O)Nc2c(CC)cccc2C(C)C)CN1C(=O)C(NC(=O)OC(C)(C)C)C(C)(C)C)C(=O)NS(=O)(=O)C1CC1. The highest BCUT2D eigenvalue weighted by molar-refractivity contribution is 7.91. The van der Waals surface area contributed by atoms with Gasteiger partial charge < -0.3 is 25.0 Å². The van der Waals surface area contributed by atoms with Crippen LogP contribution in [0.2, 0.25) is 0 Å². The molecule has 2 aliphatic carbocycles. The highest BCUT2D eigenvalue weighted by atomic mass is 32.2. The van der Waals surface area contributed by atoms with Crippen LogP contribution in [-0.4, -0.2) is 84.3 Å². The molecule has 0 aromatic heterocycles. The summed E-state index contributed by atoms with van der Waals surface area (Å²) in [6.45, 7) is 19.8. The summed E-state index contributed by atoms with van der Waals surface area (Å²) >= 11 is 0. The lowest BCUT2D eigenvalue weighted by Crippen LogP contribution is -2.60. The summed E-state index contributed by atoms with van der Waals surface area (Å²) in [5.41, 5.74) is -0.827. The molecular formula is C37H55N5O9S. The van der Waals surface area contributed by atoms with Crippen LogP contribution in [0.3, 0.4) is 0 Å². The zero-order valence-corrected chi connectivity index (χ0v) is 32.6. The van der Waals surface area contributed by atoms with Gasteiger partial charge in [0, 0.05) is 12.3 Å². The van der Waals surface area contributed by atoms with Gasteiger partial charge in [-0.05, 0) is 68.9 Å². The highest BCUT2D eigenvalue weighted by Gasteiger charge is 2.62. The molecule has 5 unspecified atom stereocenters. The molecule has 4 N–H and O–H groups in total. The third-order valence-electron chi connectivity index (χ3n) is 9.56. The number of ether oxygens (including phenoxy) is 2. The largest absolute Gasteiger partial charge is 0.444 e. The Labute approximate surface area is 307 Å². The minimum Gasteiger partial charge on any atom is -0.444 e. The first-order valence-corrected chi connectivity index (χ1v) is 19.5. The number of carbonyl (C=O) groups is 5. The van der Waals surface area contributed by atoms with Crippen molar-refractivity contribution in [3.05, 3.63) is 42.0 Å². The molecule has 3 fully saturated rings. The number of rotatable bonds is 12. The van der Waals surface area contributed by atoms with E-state index in [1.807, 2.05) is 39.0 Å². The van der Waals surface area contributed by atoms with Crippen LogP contribution in [0, 0.1) is 11.3 Å². The first-order valence-electron chi connectivity index (χ1n) is 17.9. The minimum absolute atomic E-state index is 0.104. The van der Waals surface area contributed by atoms with Crippen molar-refractivity contribution in [1.82, 2.24) is 20.3 Å². The molecular weight excluding hydrogens is 691 g/mol. The van der Waals surface area contributed by atoms with E-state index in [2.05, 4.69) is 27.3 Å². The molecule has 1 heterocycles. The Kier molecular flexibility index (Phi) is 11.8. The third-order valence-corrected chi connectivity index (χ3v) is 11.4. The summed E-state index contributed by atoms with van der Waals surface area (Å²) in [6, 6.07) is 3.35. The van der Waals surface area contributed by atoms with Crippen LogP contribution in [0.4, 0.5) is 15.3 Å². The molecule has 15 heteroatoms. The second kappa shape index (κ2) is 15.1. The molecule has 2 saturated carbocycles. The molecule has 288 valence electrons. The van der Waals surface area contributed by atoms with Crippen LogP contribution in [0.25, 0.3) is 0 Å². The lowest BCUT2D eigenvalue weighted by Gasteiger charge is -2.36. The number of aryl methyl sites for hydroxylation is 1.